The first-order valence-corrected chi connectivity index (χ1v) is 10.7. The van der Waals surface area contributed by atoms with E-state index in [4.69, 9.17) is 4.74 Å². The maximum atomic E-state index is 12.2. The molecule has 2 aliphatic heterocycles. The summed E-state index contributed by atoms with van der Waals surface area (Å²) in [6.45, 7) is 3.29. The number of nitrogens with zero attached hydrogens (tertiary/aromatic N) is 6. The van der Waals surface area contributed by atoms with Crippen molar-refractivity contribution in [1.29, 1.82) is 0 Å². The lowest BCUT2D eigenvalue weighted by atomic mass is 9.71. The molecule has 0 bridgehead atoms. The molecule has 0 amide bonds. The molecule has 0 aliphatic carbocycles. The van der Waals surface area contributed by atoms with E-state index in [1.54, 1.807) is 17.7 Å². The van der Waals surface area contributed by atoms with Gasteiger partial charge in [0.1, 0.15) is 12.2 Å². The van der Waals surface area contributed by atoms with Crippen molar-refractivity contribution in [2.24, 2.45) is 12.5 Å². The van der Waals surface area contributed by atoms with Crippen LogP contribution in [0.15, 0.2) is 24.5 Å². The predicted molar refractivity (Wildman–Crippen MR) is 98.7 cm³/mol. The van der Waals surface area contributed by atoms with Crippen molar-refractivity contribution in [3.05, 3.63) is 36.0 Å². The first-order valence-electron chi connectivity index (χ1n) is 8.82. The SMILES string of the molecule is COc1cccc(CN2CC3(C2)CN(S(C)(=O)=O)CC3c2nncn2C)n1. The van der Waals surface area contributed by atoms with Gasteiger partial charge in [-0.05, 0) is 6.07 Å². The Kier molecular flexibility index (Phi) is 4.44. The molecule has 1 atom stereocenters. The van der Waals surface area contributed by atoms with E-state index in [2.05, 4.69) is 20.1 Å². The zero-order valence-electron chi connectivity index (χ0n) is 15.7. The molecule has 0 N–H and O–H groups in total. The Labute approximate surface area is 159 Å². The molecule has 2 saturated heterocycles. The molecular weight excluding hydrogens is 368 g/mol. The molecule has 146 valence electrons. The molecule has 1 spiro atoms. The van der Waals surface area contributed by atoms with Crippen LogP contribution in [0.1, 0.15) is 17.4 Å². The summed E-state index contributed by atoms with van der Waals surface area (Å²) in [6.07, 6.45) is 2.94. The fourth-order valence-electron chi connectivity index (χ4n) is 4.30. The van der Waals surface area contributed by atoms with E-state index in [0.717, 1.165) is 24.6 Å². The predicted octanol–water partition coefficient (Wildman–Crippen LogP) is 0.0797. The molecule has 10 heteroatoms. The van der Waals surface area contributed by atoms with E-state index < -0.39 is 10.0 Å². The van der Waals surface area contributed by atoms with E-state index in [1.807, 2.05) is 29.8 Å². The number of aromatic nitrogens is 4. The first-order chi connectivity index (χ1) is 12.8. The molecule has 0 radical (unpaired) electrons. The van der Waals surface area contributed by atoms with Gasteiger partial charge >= 0.3 is 0 Å². The van der Waals surface area contributed by atoms with Crippen LogP contribution >= 0.6 is 0 Å². The number of likely N-dealkylation sites (tertiary alicyclic amines) is 1. The van der Waals surface area contributed by atoms with Gasteiger partial charge in [0.05, 0.1) is 19.1 Å². The van der Waals surface area contributed by atoms with E-state index in [1.165, 1.54) is 6.26 Å². The lowest BCUT2D eigenvalue weighted by Crippen LogP contribution is -2.59. The van der Waals surface area contributed by atoms with Crippen LogP contribution in [0.5, 0.6) is 5.88 Å². The molecule has 2 aromatic heterocycles. The summed E-state index contributed by atoms with van der Waals surface area (Å²) in [5.41, 5.74) is 0.806. The Balaban J connectivity index is 1.53. The topological polar surface area (TPSA) is 93.5 Å². The number of hydrogen-bond donors (Lipinski definition) is 0. The minimum absolute atomic E-state index is 0.0363. The van der Waals surface area contributed by atoms with E-state index in [0.29, 0.717) is 25.5 Å². The van der Waals surface area contributed by atoms with Crippen molar-refractivity contribution in [1.82, 2.24) is 29.0 Å². The second-order valence-electron chi connectivity index (χ2n) is 7.59. The number of aryl methyl sites for hydroxylation is 1. The van der Waals surface area contributed by atoms with Gasteiger partial charge in [-0.1, -0.05) is 6.07 Å². The Hall–Kier alpha value is -2.04. The average molecular weight is 392 g/mol. The molecular formula is C17H24N6O3S. The molecule has 0 aromatic carbocycles. The van der Waals surface area contributed by atoms with Gasteiger partial charge in [0.15, 0.2) is 0 Å². The third-order valence-electron chi connectivity index (χ3n) is 5.60. The zero-order chi connectivity index (χ0) is 19.2. The highest BCUT2D eigenvalue weighted by atomic mass is 32.2. The van der Waals surface area contributed by atoms with Gasteiger partial charge < -0.3 is 9.30 Å². The van der Waals surface area contributed by atoms with Crippen molar-refractivity contribution in [2.45, 2.75) is 12.5 Å². The van der Waals surface area contributed by atoms with Gasteiger partial charge in [-0.25, -0.2) is 17.7 Å². The lowest BCUT2D eigenvalue weighted by molar-refractivity contribution is -0.00879. The Morgan fingerprint density at radius 3 is 2.70 bits per heavy atom. The van der Waals surface area contributed by atoms with Crippen molar-refractivity contribution >= 4 is 10.0 Å². The van der Waals surface area contributed by atoms with Crippen LogP contribution in [0, 0.1) is 5.41 Å². The smallest absolute Gasteiger partial charge is 0.213 e. The summed E-state index contributed by atoms with van der Waals surface area (Å²) < 4.78 is 33.0. The fourth-order valence-corrected chi connectivity index (χ4v) is 5.22. The fraction of sp³-hybridized carbons (Fsp3) is 0.588. The van der Waals surface area contributed by atoms with Gasteiger partial charge in [-0.2, -0.15) is 0 Å². The molecule has 2 aromatic rings. The normalized spacial score (nSPS) is 22.9. The second-order valence-corrected chi connectivity index (χ2v) is 9.57. The number of ether oxygens (including phenoxy) is 1. The van der Waals surface area contributed by atoms with Crippen LogP contribution in [0.2, 0.25) is 0 Å². The minimum Gasteiger partial charge on any atom is -0.481 e. The van der Waals surface area contributed by atoms with Crippen molar-refractivity contribution in [2.75, 3.05) is 39.5 Å². The van der Waals surface area contributed by atoms with Gasteiger partial charge in [0.2, 0.25) is 15.9 Å². The van der Waals surface area contributed by atoms with E-state index in [9.17, 15) is 8.42 Å². The van der Waals surface area contributed by atoms with Crippen LogP contribution < -0.4 is 4.74 Å². The van der Waals surface area contributed by atoms with Crippen LogP contribution in [0.4, 0.5) is 0 Å². The highest BCUT2D eigenvalue weighted by molar-refractivity contribution is 7.88. The molecule has 2 fully saturated rings. The monoisotopic (exact) mass is 392 g/mol. The molecule has 9 nitrogen and oxygen atoms in total. The number of sulfonamides is 1. The van der Waals surface area contributed by atoms with Gasteiger partial charge in [-0.15, -0.1) is 10.2 Å². The van der Waals surface area contributed by atoms with E-state index >= 15 is 0 Å². The summed E-state index contributed by atoms with van der Waals surface area (Å²) in [4.78, 5) is 6.76. The number of methoxy groups -OCH3 is 1. The van der Waals surface area contributed by atoms with Gasteiger partial charge in [-0.3, -0.25) is 4.90 Å². The highest BCUT2D eigenvalue weighted by Crippen LogP contribution is 2.49. The summed E-state index contributed by atoms with van der Waals surface area (Å²) in [5.74, 6) is 1.48. The quantitative estimate of drug-likeness (QED) is 0.711. The third-order valence-corrected chi connectivity index (χ3v) is 6.81. The van der Waals surface area contributed by atoms with Gasteiger partial charge in [0, 0.05) is 57.2 Å². The van der Waals surface area contributed by atoms with Crippen LogP contribution in [0.3, 0.4) is 0 Å². The molecule has 4 heterocycles. The number of pyridine rings is 1. The van der Waals surface area contributed by atoms with Crippen molar-refractivity contribution in [3.8, 4) is 5.88 Å². The van der Waals surface area contributed by atoms with Gasteiger partial charge in [0.25, 0.3) is 0 Å². The largest absolute Gasteiger partial charge is 0.481 e. The van der Waals surface area contributed by atoms with Crippen LogP contribution in [-0.2, 0) is 23.6 Å². The highest BCUT2D eigenvalue weighted by Gasteiger charge is 2.57. The maximum Gasteiger partial charge on any atom is 0.213 e. The minimum atomic E-state index is -3.24. The summed E-state index contributed by atoms with van der Waals surface area (Å²) in [6, 6.07) is 5.73. The van der Waals surface area contributed by atoms with Crippen LogP contribution in [-0.4, -0.2) is 76.9 Å². The Morgan fingerprint density at radius 2 is 2.07 bits per heavy atom. The number of hydrogen-bond acceptors (Lipinski definition) is 7. The molecule has 27 heavy (non-hydrogen) atoms. The summed E-state index contributed by atoms with van der Waals surface area (Å²) in [5, 5.41) is 8.26. The lowest BCUT2D eigenvalue weighted by Gasteiger charge is -2.50. The molecule has 0 saturated carbocycles. The Bertz CT molecular complexity index is 938. The second kappa shape index (κ2) is 6.54. The first kappa shape index (κ1) is 18.3. The maximum absolute atomic E-state index is 12.2. The Morgan fingerprint density at radius 1 is 1.30 bits per heavy atom. The van der Waals surface area contributed by atoms with Crippen LogP contribution in [0.25, 0.3) is 0 Å². The summed E-state index contributed by atoms with van der Waals surface area (Å²) >= 11 is 0. The third kappa shape index (κ3) is 3.32. The molecule has 4 rings (SSSR count). The standard InChI is InChI=1S/C17H24N6O3S/c1-21-12-18-20-16(21)14-8-23(27(3,24)25)11-17(14)9-22(10-17)7-13-5-4-6-15(19-13)26-2/h4-6,12,14H,7-11H2,1-3H3. The number of rotatable bonds is 5. The van der Waals surface area contributed by atoms with Crippen molar-refractivity contribution < 1.29 is 13.2 Å². The van der Waals surface area contributed by atoms with E-state index in [-0.39, 0.29) is 11.3 Å². The summed E-state index contributed by atoms with van der Waals surface area (Å²) in [7, 11) is 0.268. The zero-order valence-corrected chi connectivity index (χ0v) is 16.6. The molecule has 1 unspecified atom stereocenters. The molecule has 2 aliphatic rings. The van der Waals surface area contributed by atoms with Crippen molar-refractivity contribution in [3.63, 3.8) is 0 Å². The average Bonchev–Trinajstić information content (AvgIpc) is 3.18.